The highest BCUT2D eigenvalue weighted by molar-refractivity contribution is 5.88. The van der Waals surface area contributed by atoms with Crippen molar-refractivity contribution in [1.82, 2.24) is 4.98 Å². The summed E-state index contributed by atoms with van der Waals surface area (Å²) in [6, 6.07) is 7.80. The van der Waals surface area contributed by atoms with Gasteiger partial charge in [0.15, 0.2) is 16.9 Å². The minimum absolute atomic E-state index is 0.0690. The summed E-state index contributed by atoms with van der Waals surface area (Å²) in [6.45, 7) is 0. The van der Waals surface area contributed by atoms with Crippen molar-refractivity contribution in [3.05, 3.63) is 46.6 Å². The largest absolute Gasteiger partial charge is 0.508 e. The van der Waals surface area contributed by atoms with Gasteiger partial charge in [0.1, 0.15) is 11.5 Å². The van der Waals surface area contributed by atoms with Crippen LogP contribution in [-0.2, 0) is 0 Å². The molecule has 1 aromatic heterocycles. The molecule has 0 fully saturated rings. The van der Waals surface area contributed by atoms with E-state index in [0.717, 1.165) is 6.07 Å². The lowest BCUT2D eigenvalue weighted by atomic mass is 10.1. The molecule has 3 aromatic rings. The van der Waals surface area contributed by atoms with Gasteiger partial charge < -0.3 is 25.4 Å². The molecule has 0 aliphatic carbocycles. The van der Waals surface area contributed by atoms with Crippen LogP contribution >= 0.6 is 0 Å². The Labute approximate surface area is 118 Å². The number of rotatable bonds is 1. The number of fused-ring (bicyclic) bond motifs is 1. The topological polar surface area (TPSA) is 114 Å². The molecule has 2 aromatic carbocycles. The number of hydrogen-bond donors (Lipinski definition) is 5. The number of aromatic amines is 1. The maximum absolute atomic E-state index is 12.1. The SMILES string of the molecule is O=c1cc(-c2ccc(O)c(O)c2)[nH]c2cc(O)cc(O)c12. The van der Waals surface area contributed by atoms with Crippen molar-refractivity contribution >= 4 is 10.9 Å². The molecule has 0 saturated carbocycles. The van der Waals surface area contributed by atoms with Crippen LogP contribution in [0.25, 0.3) is 22.2 Å². The smallest absolute Gasteiger partial charge is 0.193 e. The van der Waals surface area contributed by atoms with Crippen LogP contribution in [0.3, 0.4) is 0 Å². The third-order valence-corrected chi connectivity index (χ3v) is 3.18. The highest BCUT2D eigenvalue weighted by atomic mass is 16.3. The highest BCUT2D eigenvalue weighted by Crippen LogP contribution is 2.31. The molecule has 6 heteroatoms. The standard InChI is InChI=1S/C15H11NO5/c17-8-4-10-15(13(20)5-8)14(21)6-9(16-10)7-1-2-11(18)12(19)3-7/h1-6,17-20H,(H,16,21). The molecular formula is C15H11NO5. The first-order valence-electron chi connectivity index (χ1n) is 6.07. The molecule has 0 bridgehead atoms. The van der Waals surface area contributed by atoms with Gasteiger partial charge in [-0.3, -0.25) is 4.79 Å². The molecular weight excluding hydrogens is 274 g/mol. The fourth-order valence-corrected chi connectivity index (χ4v) is 2.20. The first-order valence-corrected chi connectivity index (χ1v) is 6.07. The third kappa shape index (κ3) is 2.12. The fourth-order valence-electron chi connectivity index (χ4n) is 2.20. The first kappa shape index (κ1) is 12.9. The number of phenolic OH excluding ortho intramolecular Hbond substituents is 4. The summed E-state index contributed by atoms with van der Waals surface area (Å²) in [5, 5.41) is 38.1. The van der Waals surface area contributed by atoms with Gasteiger partial charge in [0.05, 0.1) is 10.9 Å². The Bertz CT molecular complexity index is 914. The van der Waals surface area contributed by atoms with Crippen LogP contribution in [0.4, 0.5) is 0 Å². The van der Waals surface area contributed by atoms with Gasteiger partial charge in [-0.2, -0.15) is 0 Å². The number of aromatic nitrogens is 1. The van der Waals surface area contributed by atoms with E-state index in [1.807, 2.05) is 0 Å². The second-order valence-corrected chi connectivity index (χ2v) is 4.64. The van der Waals surface area contributed by atoms with E-state index in [1.165, 1.54) is 30.3 Å². The molecule has 0 radical (unpaired) electrons. The lowest BCUT2D eigenvalue weighted by molar-refractivity contribution is 0.404. The number of aromatic hydroxyl groups is 4. The van der Waals surface area contributed by atoms with Crippen molar-refractivity contribution in [2.24, 2.45) is 0 Å². The van der Waals surface area contributed by atoms with Gasteiger partial charge in [0.2, 0.25) is 0 Å². The van der Waals surface area contributed by atoms with Gasteiger partial charge in [0.25, 0.3) is 0 Å². The predicted octanol–water partition coefficient (Wildman–Crippen LogP) is 2.02. The van der Waals surface area contributed by atoms with E-state index in [0.29, 0.717) is 11.3 Å². The number of nitrogens with one attached hydrogen (secondary N) is 1. The quantitative estimate of drug-likeness (QED) is 0.439. The second kappa shape index (κ2) is 4.45. The summed E-state index contributed by atoms with van der Waals surface area (Å²) in [5.74, 6) is -1.07. The van der Waals surface area contributed by atoms with Crippen LogP contribution < -0.4 is 5.43 Å². The van der Waals surface area contributed by atoms with E-state index in [1.54, 1.807) is 0 Å². The lowest BCUT2D eigenvalue weighted by Crippen LogP contribution is -2.03. The zero-order chi connectivity index (χ0) is 15.1. The van der Waals surface area contributed by atoms with E-state index in [2.05, 4.69) is 4.98 Å². The fraction of sp³-hybridized carbons (Fsp3) is 0. The summed E-state index contributed by atoms with van der Waals surface area (Å²) >= 11 is 0. The second-order valence-electron chi connectivity index (χ2n) is 4.64. The maximum Gasteiger partial charge on any atom is 0.193 e. The molecule has 6 nitrogen and oxygen atoms in total. The molecule has 0 saturated heterocycles. The van der Waals surface area contributed by atoms with Gasteiger partial charge in [0, 0.05) is 29.5 Å². The molecule has 0 atom stereocenters. The molecule has 0 aliphatic heterocycles. The molecule has 106 valence electrons. The first-order chi connectivity index (χ1) is 9.95. The normalized spacial score (nSPS) is 10.9. The average molecular weight is 285 g/mol. The van der Waals surface area contributed by atoms with Crippen molar-refractivity contribution < 1.29 is 20.4 Å². The molecule has 3 rings (SSSR count). The summed E-state index contributed by atoms with van der Waals surface area (Å²) in [6.07, 6.45) is 0. The summed E-state index contributed by atoms with van der Waals surface area (Å²) in [4.78, 5) is 15.0. The van der Waals surface area contributed by atoms with Gasteiger partial charge in [-0.1, -0.05) is 0 Å². The minimum atomic E-state index is -0.427. The number of hydrogen-bond acceptors (Lipinski definition) is 5. The monoisotopic (exact) mass is 285 g/mol. The molecule has 1 heterocycles. The van der Waals surface area contributed by atoms with Crippen LogP contribution in [0.5, 0.6) is 23.0 Å². The lowest BCUT2D eigenvalue weighted by Gasteiger charge is -2.07. The van der Waals surface area contributed by atoms with Crippen LogP contribution in [0, 0.1) is 0 Å². The number of pyridine rings is 1. The molecule has 0 spiro atoms. The number of phenols is 4. The number of H-pyrrole nitrogens is 1. The van der Waals surface area contributed by atoms with Gasteiger partial charge in [-0.15, -0.1) is 0 Å². The van der Waals surface area contributed by atoms with E-state index in [9.17, 15) is 25.2 Å². The van der Waals surface area contributed by atoms with Crippen molar-refractivity contribution in [2.45, 2.75) is 0 Å². The summed E-state index contributed by atoms with van der Waals surface area (Å²) in [7, 11) is 0. The predicted molar refractivity (Wildman–Crippen MR) is 76.7 cm³/mol. The van der Waals surface area contributed by atoms with Gasteiger partial charge >= 0.3 is 0 Å². The number of benzene rings is 2. The summed E-state index contributed by atoms with van der Waals surface area (Å²) in [5.41, 5.74) is 0.700. The van der Waals surface area contributed by atoms with E-state index in [-0.39, 0.29) is 33.9 Å². The maximum atomic E-state index is 12.1. The molecule has 0 amide bonds. The Kier molecular flexibility index (Phi) is 2.72. The van der Waals surface area contributed by atoms with Crippen LogP contribution in [0.1, 0.15) is 0 Å². The zero-order valence-electron chi connectivity index (χ0n) is 10.7. The molecule has 0 unspecified atom stereocenters. The van der Waals surface area contributed by atoms with Gasteiger partial charge in [-0.05, 0) is 18.2 Å². The van der Waals surface area contributed by atoms with E-state index >= 15 is 0 Å². The Morgan fingerprint density at radius 2 is 1.57 bits per heavy atom. The average Bonchev–Trinajstić information content (AvgIpc) is 2.40. The van der Waals surface area contributed by atoms with Gasteiger partial charge in [-0.25, -0.2) is 0 Å². The Morgan fingerprint density at radius 1 is 0.810 bits per heavy atom. The van der Waals surface area contributed by atoms with Crippen LogP contribution in [-0.4, -0.2) is 25.4 Å². The van der Waals surface area contributed by atoms with Crippen LogP contribution in [0.2, 0.25) is 0 Å². The Balaban J connectivity index is 2.29. The van der Waals surface area contributed by atoms with Crippen molar-refractivity contribution in [1.29, 1.82) is 0 Å². The Morgan fingerprint density at radius 3 is 2.29 bits per heavy atom. The van der Waals surface area contributed by atoms with Crippen molar-refractivity contribution in [2.75, 3.05) is 0 Å². The van der Waals surface area contributed by atoms with Crippen molar-refractivity contribution in [3.63, 3.8) is 0 Å². The summed E-state index contributed by atoms with van der Waals surface area (Å²) < 4.78 is 0. The Hall–Kier alpha value is -3.15. The highest BCUT2D eigenvalue weighted by Gasteiger charge is 2.11. The van der Waals surface area contributed by atoms with E-state index in [4.69, 9.17) is 0 Å². The van der Waals surface area contributed by atoms with Crippen LogP contribution in [0.15, 0.2) is 41.2 Å². The third-order valence-electron chi connectivity index (χ3n) is 3.18. The molecule has 0 aliphatic rings. The van der Waals surface area contributed by atoms with E-state index < -0.39 is 5.43 Å². The zero-order valence-corrected chi connectivity index (χ0v) is 10.7. The molecule has 21 heavy (non-hydrogen) atoms. The van der Waals surface area contributed by atoms with Crippen molar-refractivity contribution in [3.8, 4) is 34.3 Å². The molecule has 5 N–H and O–H groups in total. The minimum Gasteiger partial charge on any atom is -0.508 e.